The molecule has 0 atom stereocenters. The summed E-state index contributed by atoms with van der Waals surface area (Å²) in [5, 5.41) is 12.4. The average molecular weight is 609 g/mol. The van der Waals surface area contributed by atoms with Gasteiger partial charge in [0, 0.05) is 66.4 Å². The highest BCUT2D eigenvalue weighted by Crippen LogP contribution is 2.29. The van der Waals surface area contributed by atoms with Gasteiger partial charge in [-0.3, -0.25) is 14.7 Å². The number of pyridine rings is 1. The summed E-state index contributed by atoms with van der Waals surface area (Å²) in [6.07, 6.45) is -4.71. The lowest BCUT2D eigenvalue weighted by atomic mass is 10.0. The van der Waals surface area contributed by atoms with Gasteiger partial charge in [-0.1, -0.05) is 30.8 Å². The van der Waals surface area contributed by atoms with Gasteiger partial charge in [0.2, 0.25) is 0 Å². The number of anilines is 3. The Kier molecular flexibility index (Phi) is 10.0. The van der Waals surface area contributed by atoms with Gasteiger partial charge < -0.3 is 20.7 Å². The van der Waals surface area contributed by atoms with Crippen molar-refractivity contribution in [2.24, 2.45) is 0 Å². The van der Waals surface area contributed by atoms with Gasteiger partial charge in [0.1, 0.15) is 11.2 Å². The smallest absolute Gasteiger partial charge is 0.406 e. The number of piperazine rings is 1. The monoisotopic (exact) mass is 608 g/mol. The van der Waals surface area contributed by atoms with Crippen molar-refractivity contribution < 1.29 is 22.7 Å². The fourth-order valence-corrected chi connectivity index (χ4v) is 4.93. The number of carbonyl (C=O) groups is 1. The molecule has 0 bridgehead atoms. The van der Waals surface area contributed by atoms with E-state index in [4.69, 9.17) is 11.0 Å². The van der Waals surface area contributed by atoms with E-state index in [9.17, 15) is 18.0 Å². The highest BCUT2D eigenvalue weighted by atomic mass is 32.1. The second-order valence-corrected chi connectivity index (χ2v) is 10.2. The van der Waals surface area contributed by atoms with Gasteiger partial charge in [-0.15, -0.1) is 13.2 Å². The molecule has 3 N–H and O–H groups in total. The Labute approximate surface area is 253 Å². The molecule has 8 nitrogen and oxygen atoms in total. The lowest BCUT2D eigenvalue weighted by Gasteiger charge is -2.36. The molecular formula is C31H31F3N6O2S. The van der Waals surface area contributed by atoms with Crippen molar-refractivity contribution in [3.8, 4) is 11.2 Å². The van der Waals surface area contributed by atoms with Gasteiger partial charge in [0.15, 0.2) is 0 Å². The molecule has 0 saturated carbocycles. The number of nitrogen functional groups attached to an aromatic ring is 1. The van der Waals surface area contributed by atoms with Crippen LogP contribution < -0.4 is 20.7 Å². The number of hydrogen-bond donors (Lipinski definition) is 3. The Morgan fingerprint density at radius 2 is 1.72 bits per heavy atom. The third kappa shape index (κ3) is 8.09. The van der Waals surface area contributed by atoms with Crippen LogP contribution in [0.3, 0.4) is 0 Å². The molecule has 0 aliphatic carbocycles. The molecule has 1 aromatic heterocycles. The molecule has 224 valence electrons. The van der Waals surface area contributed by atoms with E-state index < -0.39 is 6.36 Å². The fraction of sp³-hybridized carbons (Fsp3) is 0.258. The first kappa shape index (κ1) is 31.5. The normalized spacial score (nSPS) is 13.6. The Morgan fingerprint density at radius 1 is 1.07 bits per heavy atom. The Hall–Kier alpha value is -4.47. The molecule has 43 heavy (non-hydrogen) atoms. The third-order valence-corrected chi connectivity index (χ3v) is 7.24. The summed E-state index contributed by atoms with van der Waals surface area (Å²) >= 11 is 3.09. The Balaban J connectivity index is 0.00000135. The second-order valence-electron chi connectivity index (χ2n) is 9.98. The highest BCUT2D eigenvalue weighted by molar-refractivity contribution is 7.85. The predicted molar refractivity (Wildman–Crippen MR) is 165 cm³/mol. The molecule has 4 aromatic rings. The number of nitrogens with zero attached hydrogens (tertiary/aromatic N) is 4. The van der Waals surface area contributed by atoms with Gasteiger partial charge >= 0.3 is 6.36 Å². The number of nitrogens with one attached hydrogen (secondary N) is 1. The SMILES string of the molecule is Cc1nc2ccc(NC(=O)c3ccccc3CN3CCN(c4ccc(OC(F)(F)F)cc4)CC3)cc2c(N)c1C.N#CS. The lowest BCUT2D eigenvalue weighted by molar-refractivity contribution is -0.274. The molecule has 1 amide bonds. The fourth-order valence-electron chi connectivity index (χ4n) is 4.93. The van der Waals surface area contributed by atoms with E-state index in [1.54, 1.807) is 12.1 Å². The van der Waals surface area contributed by atoms with Crippen LogP contribution >= 0.6 is 12.6 Å². The Morgan fingerprint density at radius 3 is 2.37 bits per heavy atom. The minimum atomic E-state index is -4.71. The number of amides is 1. The number of halogens is 3. The number of nitrogens with two attached hydrogens (primary N) is 1. The van der Waals surface area contributed by atoms with Crippen LogP contribution in [0.1, 0.15) is 27.2 Å². The summed E-state index contributed by atoms with van der Waals surface area (Å²) in [6, 6.07) is 19.0. The second kappa shape index (κ2) is 13.7. The van der Waals surface area contributed by atoms with Crippen LogP contribution in [0, 0.1) is 24.5 Å². The first-order valence-electron chi connectivity index (χ1n) is 13.4. The van der Waals surface area contributed by atoms with Crippen molar-refractivity contribution in [1.29, 1.82) is 5.26 Å². The summed E-state index contributed by atoms with van der Waals surface area (Å²) in [5.41, 5.74) is 12.6. The van der Waals surface area contributed by atoms with E-state index in [-0.39, 0.29) is 11.7 Å². The molecular weight excluding hydrogens is 577 g/mol. The summed E-state index contributed by atoms with van der Waals surface area (Å²) in [4.78, 5) is 22.3. The molecule has 1 saturated heterocycles. The zero-order valence-electron chi connectivity index (χ0n) is 23.7. The van der Waals surface area contributed by atoms with Crippen LogP contribution in [0.2, 0.25) is 0 Å². The highest BCUT2D eigenvalue weighted by Gasteiger charge is 2.31. The van der Waals surface area contributed by atoms with Crippen LogP contribution in [0.15, 0.2) is 66.7 Å². The third-order valence-electron chi connectivity index (χ3n) is 7.24. The number of rotatable bonds is 6. The molecule has 1 aliphatic rings. The zero-order chi connectivity index (χ0) is 31.1. The van der Waals surface area contributed by atoms with Crippen LogP contribution in [0.25, 0.3) is 10.9 Å². The van der Waals surface area contributed by atoms with Gasteiger partial charge in [0.05, 0.1) is 5.52 Å². The maximum Gasteiger partial charge on any atom is 0.573 e. The number of aryl methyl sites for hydroxylation is 1. The van der Waals surface area contributed by atoms with E-state index in [1.807, 2.05) is 56.3 Å². The number of fused-ring (bicyclic) bond motifs is 1. The number of hydrogen-bond acceptors (Lipinski definition) is 8. The maximum absolute atomic E-state index is 13.3. The number of alkyl halides is 3. The van der Waals surface area contributed by atoms with Crippen LogP contribution in [0.5, 0.6) is 5.75 Å². The van der Waals surface area contributed by atoms with E-state index in [1.165, 1.54) is 17.5 Å². The first-order valence-corrected chi connectivity index (χ1v) is 13.9. The molecule has 1 aliphatic heterocycles. The van der Waals surface area contributed by atoms with E-state index in [0.717, 1.165) is 46.5 Å². The summed E-state index contributed by atoms with van der Waals surface area (Å²) in [5.74, 6) is -0.441. The van der Waals surface area contributed by atoms with Crippen molar-refractivity contribution in [3.05, 3.63) is 89.1 Å². The quantitative estimate of drug-likeness (QED) is 0.174. The van der Waals surface area contributed by atoms with Crippen molar-refractivity contribution in [1.82, 2.24) is 9.88 Å². The van der Waals surface area contributed by atoms with Gasteiger partial charge in [0.25, 0.3) is 5.91 Å². The molecule has 0 spiro atoms. The van der Waals surface area contributed by atoms with Crippen molar-refractivity contribution in [3.63, 3.8) is 0 Å². The number of aromatic nitrogens is 1. The maximum atomic E-state index is 13.3. The molecule has 2 heterocycles. The number of thiol groups is 1. The summed E-state index contributed by atoms with van der Waals surface area (Å²) < 4.78 is 41.3. The van der Waals surface area contributed by atoms with Crippen LogP contribution in [-0.2, 0) is 6.54 Å². The van der Waals surface area contributed by atoms with Crippen molar-refractivity contribution in [2.75, 3.05) is 42.1 Å². The molecule has 5 rings (SSSR count). The van der Waals surface area contributed by atoms with Gasteiger partial charge in [-0.25, -0.2) is 0 Å². The molecule has 0 radical (unpaired) electrons. The van der Waals surface area contributed by atoms with E-state index in [0.29, 0.717) is 36.6 Å². The number of benzene rings is 3. The molecule has 3 aromatic carbocycles. The lowest BCUT2D eigenvalue weighted by Crippen LogP contribution is -2.46. The minimum Gasteiger partial charge on any atom is -0.406 e. The largest absolute Gasteiger partial charge is 0.573 e. The predicted octanol–water partition coefficient (Wildman–Crippen LogP) is 6.30. The Bertz CT molecular complexity index is 1630. The number of nitriles is 1. The topological polar surface area (TPSA) is 108 Å². The molecule has 12 heteroatoms. The zero-order valence-corrected chi connectivity index (χ0v) is 24.5. The number of carbonyl (C=O) groups excluding carboxylic acids is 1. The van der Waals surface area contributed by atoms with Gasteiger partial charge in [-0.2, -0.15) is 5.26 Å². The van der Waals surface area contributed by atoms with Crippen molar-refractivity contribution >= 4 is 46.5 Å². The van der Waals surface area contributed by atoms with E-state index in [2.05, 4.69) is 37.5 Å². The van der Waals surface area contributed by atoms with E-state index >= 15 is 0 Å². The summed E-state index contributed by atoms with van der Waals surface area (Å²) in [6.45, 7) is 7.36. The first-order chi connectivity index (χ1) is 20.5. The summed E-state index contributed by atoms with van der Waals surface area (Å²) in [7, 11) is 0. The minimum absolute atomic E-state index is 0.204. The number of ether oxygens (including phenoxy) is 1. The van der Waals surface area contributed by atoms with Crippen molar-refractivity contribution in [2.45, 2.75) is 26.8 Å². The van der Waals surface area contributed by atoms with Crippen LogP contribution in [-0.4, -0.2) is 48.3 Å². The molecule has 1 fully saturated rings. The number of thiocyanates is 1. The van der Waals surface area contributed by atoms with Crippen LogP contribution in [0.4, 0.5) is 30.2 Å². The van der Waals surface area contributed by atoms with Gasteiger partial charge in [-0.05, 0) is 73.5 Å². The standard InChI is InChI=1S/C30H30F3N5O2.CHNS/c1-19-20(2)35-27-12-7-22(17-26(27)28(19)34)36-29(39)25-6-4-3-5-21(25)18-37-13-15-38(16-14-37)23-8-10-24(11-9-23)40-30(31,32)33;2-1-3/h3-12,17H,13-16,18H2,1-2H3,(H2,34,35)(H,36,39);3H. The average Bonchev–Trinajstić information content (AvgIpc) is 2.97. The molecule has 0 unspecified atom stereocenters.